The Kier molecular flexibility index (Phi) is 6.05. The van der Waals surface area contributed by atoms with Gasteiger partial charge in [0.05, 0.1) is 14.2 Å². The molecule has 0 aliphatic carbocycles. The molecule has 3 rings (SSSR count). The number of ether oxygens (including phenoxy) is 2. The van der Waals surface area contributed by atoms with Gasteiger partial charge in [-0.25, -0.2) is 0 Å². The highest BCUT2D eigenvalue weighted by Gasteiger charge is 2.13. The SMILES string of the molecule is COc1ccc(OC)c(CCc2ccccc2C(=NO)c2cccnc2)c1. The first kappa shape index (κ1) is 18.5. The average Bonchev–Trinajstić information content (AvgIpc) is 2.74. The van der Waals surface area contributed by atoms with Crippen molar-refractivity contribution >= 4 is 5.71 Å². The number of benzene rings is 2. The summed E-state index contributed by atoms with van der Waals surface area (Å²) in [7, 11) is 3.32. The van der Waals surface area contributed by atoms with Crippen molar-refractivity contribution in [2.24, 2.45) is 5.16 Å². The molecule has 2 aromatic carbocycles. The summed E-state index contributed by atoms with van der Waals surface area (Å²) in [5.41, 5.74) is 4.31. The van der Waals surface area contributed by atoms with Crippen LogP contribution in [0.1, 0.15) is 22.3 Å². The molecule has 0 aliphatic heterocycles. The molecule has 27 heavy (non-hydrogen) atoms. The summed E-state index contributed by atoms with van der Waals surface area (Å²) in [5, 5.41) is 13.2. The number of methoxy groups -OCH3 is 2. The van der Waals surface area contributed by atoms with Crippen LogP contribution in [-0.2, 0) is 12.8 Å². The summed E-state index contributed by atoms with van der Waals surface area (Å²) in [5.74, 6) is 1.63. The molecule has 0 aliphatic rings. The maximum absolute atomic E-state index is 9.62. The minimum Gasteiger partial charge on any atom is -0.497 e. The van der Waals surface area contributed by atoms with Gasteiger partial charge in [0.15, 0.2) is 0 Å². The molecule has 0 saturated carbocycles. The number of aromatic nitrogens is 1. The summed E-state index contributed by atoms with van der Waals surface area (Å²) < 4.78 is 10.8. The fraction of sp³-hybridized carbons (Fsp3) is 0.182. The molecule has 0 atom stereocenters. The third-order valence-electron chi connectivity index (χ3n) is 4.46. The molecule has 3 aromatic rings. The van der Waals surface area contributed by atoms with Crippen LogP contribution in [0.3, 0.4) is 0 Å². The smallest absolute Gasteiger partial charge is 0.122 e. The zero-order valence-electron chi connectivity index (χ0n) is 15.4. The molecule has 0 saturated heterocycles. The Morgan fingerprint density at radius 1 is 0.963 bits per heavy atom. The largest absolute Gasteiger partial charge is 0.497 e. The highest BCUT2D eigenvalue weighted by atomic mass is 16.5. The summed E-state index contributed by atoms with van der Waals surface area (Å²) >= 11 is 0. The summed E-state index contributed by atoms with van der Waals surface area (Å²) in [6.07, 6.45) is 4.92. The standard InChI is InChI=1S/C22H22N2O3/c1-26-19-11-12-21(27-2)17(14-19)10-9-16-6-3-4-8-20(16)22(24-25)18-7-5-13-23-15-18/h3-8,11-15,25H,9-10H2,1-2H3. The van der Waals surface area contributed by atoms with E-state index >= 15 is 0 Å². The molecule has 0 spiro atoms. The Bertz CT molecular complexity index is 924. The Labute approximate surface area is 158 Å². The summed E-state index contributed by atoms with van der Waals surface area (Å²) in [6, 6.07) is 17.4. The van der Waals surface area contributed by atoms with Crippen molar-refractivity contribution in [1.82, 2.24) is 4.98 Å². The molecular weight excluding hydrogens is 340 g/mol. The maximum atomic E-state index is 9.62. The van der Waals surface area contributed by atoms with Crippen molar-refractivity contribution in [3.05, 3.63) is 89.2 Å². The average molecular weight is 362 g/mol. The van der Waals surface area contributed by atoms with E-state index in [1.165, 1.54) is 0 Å². The molecule has 1 heterocycles. The minimum atomic E-state index is 0.510. The van der Waals surface area contributed by atoms with Crippen molar-refractivity contribution < 1.29 is 14.7 Å². The second kappa shape index (κ2) is 8.85. The first-order valence-corrected chi connectivity index (χ1v) is 8.68. The van der Waals surface area contributed by atoms with Crippen LogP contribution in [0.2, 0.25) is 0 Å². The van der Waals surface area contributed by atoms with Gasteiger partial charge in [0, 0.05) is 23.5 Å². The maximum Gasteiger partial charge on any atom is 0.122 e. The van der Waals surface area contributed by atoms with E-state index in [0.29, 0.717) is 5.71 Å². The van der Waals surface area contributed by atoms with Gasteiger partial charge in [0.25, 0.3) is 0 Å². The number of nitrogens with zero attached hydrogens (tertiary/aromatic N) is 2. The zero-order valence-corrected chi connectivity index (χ0v) is 15.4. The van der Waals surface area contributed by atoms with E-state index in [9.17, 15) is 5.21 Å². The number of aryl methyl sites for hydroxylation is 2. The van der Waals surface area contributed by atoms with Crippen LogP contribution in [0.25, 0.3) is 0 Å². The van der Waals surface area contributed by atoms with Gasteiger partial charge in [-0.05, 0) is 54.3 Å². The van der Waals surface area contributed by atoms with Crippen molar-refractivity contribution in [3.63, 3.8) is 0 Å². The number of hydrogen-bond acceptors (Lipinski definition) is 5. The van der Waals surface area contributed by atoms with E-state index in [1.54, 1.807) is 26.6 Å². The lowest BCUT2D eigenvalue weighted by Gasteiger charge is -2.13. The lowest BCUT2D eigenvalue weighted by Crippen LogP contribution is -2.08. The van der Waals surface area contributed by atoms with Crippen LogP contribution in [0, 0.1) is 0 Å². The third-order valence-corrected chi connectivity index (χ3v) is 4.46. The monoisotopic (exact) mass is 362 g/mol. The van der Waals surface area contributed by atoms with Gasteiger partial charge in [0.1, 0.15) is 17.2 Å². The van der Waals surface area contributed by atoms with Crippen LogP contribution >= 0.6 is 0 Å². The third kappa shape index (κ3) is 4.26. The van der Waals surface area contributed by atoms with Gasteiger partial charge >= 0.3 is 0 Å². The van der Waals surface area contributed by atoms with E-state index in [1.807, 2.05) is 54.6 Å². The van der Waals surface area contributed by atoms with Gasteiger partial charge in [0.2, 0.25) is 0 Å². The molecule has 0 radical (unpaired) electrons. The molecule has 0 amide bonds. The predicted molar refractivity (Wildman–Crippen MR) is 105 cm³/mol. The van der Waals surface area contributed by atoms with Gasteiger partial charge in [-0.1, -0.05) is 29.4 Å². The van der Waals surface area contributed by atoms with E-state index in [4.69, 9.17) is 9.47 Å². The Hall–Kier alpha value is -3.34. The van der Waals surface area contributed by atoms with Gasteiger partial charge in [-0.15, -0.1) is 0 Å². The van der Waals surface area contributed by atoms with E-state index < -0.39 is 0 Å². The predicted octanol–water partition coefficient (Wildman–Crippen LogP) is 4.11. The van der Waals surface area contributed by atoms with Crippen LogP contribution in [0.5, 0.6) is 11.5 Å². The Balaban J connectivity index is 1.89. The fourth-order valence-electron chi connectivity index (χ4n) is 3.09. The van der Waals surface area contributed by atoms with Crippen LogP contribution < -0.4 is 9.47 Å². The van der Waals surface area contributed by atoms with Crippen LogP contribution in [0.15, 0.2) is 72.1 Å². The quantitative estimate of drug-likeness (QED) is 0.390. The van der Waals surface area contributed by atoms with Crippen LogP contribution in [-0.4, -0.2) is 30.1 Å². The van der Waals surface area contributed by atoms with Gasteiger partial charge in [-0.2, -0.15) is 0 Å². The lowest BCUT2D eigenvalue weighted by atomic mass is 9.94. The summed E-state index contributed by atoms with van der Waals surface area (Å²) in [4.78, 5) is 4.12. The van der Waals surface area contributed by atoms with Crippen molar-refractivity contribution in [2.45, 2.75) is 12.8 Å². The van der Waals surface area contributed by atoms with Crippen molar-refractivity contribution in [3.8, 4) is 11.5 Å². The molecule has 1 N–H and O–H groups in total. The Morgan fingerprint density at radius 2 is 1.78 bits per heavy atom. The number of oxime groups is 1. The lowest BCUT2D eigenvalue weighted by molar-refractivity contribution is 0.319. The van der Waals surface area contributed by atoms with Crippen molar-refractivity contribution in [1.29, 1.82) is 0 Å². The van der Waals surface area contributed by atoms with Gasteiger partial charge in [-0.3, -0.25) is 4.98 Å². The second-order valence-electron chi connectivity index (χ2n) is 6.03. The highest BCUT2D eigenvalue weighted by molar-refractivity contribution is 6.13. The van der Waals surface area contributed by atoms with Crippen molar-refractivity contribution in [2.75, 3.05) is 14.2 Å². The van der Waals surface area contributed by atoms with E-state index in [-0.39, 0.29) is 0 Å². The fourth-order valence-corrected chi connectivity index (χ4v) is 3.09. The molecule has 0 fully saturated rings. The normalized spacial score (nSPS) is 11.3. The Morgan fingerprint density at radius 3 is 2.48 bits per heavy atom. The molecule has 5 nitrogen and oxygen atoms in total. The molecule has 1 aromatic heterocycles. The zero-order chi connectivity index (χ0) is 19.1. The van der Waals surface area contributed by atoms with E-state index in [2.05, 4.69) is 10.1 Å². The number of pyridine rings is 1. The van der Waals surface area contributed by atoms with Crippen LogP contribution in [0.4, 0.5) is 0 Å². The number of rotatable bonds is 7. The number of hydrogen-bond donors (Lipinski definition) is 1. The summed E-state index contributed by atoms with van der Waals surface area (Å²) in [6.45, 7) is 0. The first-order valence-electron chi connectivity index (χ1n) is 8.68. The molecular formula is C22H22N2O3. The van der Waals surface area contributed by atoms with E-state index in [0.717, 1.165) is 46.6 Å². The first-order chi connectivity index (χ1) is 13.3. The second-order valence-corrected chi connectivity index (χ2v) is 6.03. The molecule has 138 valence electrons. The molecule has 5 heteroatoms. The topological polar surface area (TPSA) is 63.9 Å². The van der Waals surface area contributed by atoms with Gasteiger partial charge < -0.3 is 14.7 Å². The highest BCUT2D eigenvalue weighted by Crippen LogP contribution is 2.26. The molecule has 0 bridgehead atoms. The minimum absolute atomic E-state index is 0.510. The molecule has 0 unspecified atom stereocenters.